The van der Waals surface area contributed by atoms with Crippen LogP contribution >= 0.6 is 0 Å². The molecule has 0 radical (unpaired) electrons. The van der Waals surface area contributed by atoms with Crippen LogP contribution in [0.3, 0.4) is 0 Å². The van der Waals surface area contributed by atoms with Gasteiger partial charge in [0.25, 0.3) is 5.91 Å². The number of hydrogen-bond acceptors (Lipinski definition) is 3. The molecular formula is C16H20N2O2. The van der Waals surface area contributed by atoms with Crippen molar-refractivity contribution < 1.29 is 9.59 Å². The number of nitrogens with zero attached hydrogens (tertiary/aromatic N) is 2. The molecule has 0 unspecified atom stereocenters. The molecule has 1 aromatic carbocycles. The molecule has 2 amide bonds. The van der Waals surface area contributed by atoms with Crippen molar-refractivity contribution >= 4 is 17.9 Å². The largest absolute Gasteiger partial charge is 0.273 e. The Kier molecular flexibility index (Phi) is 4.04. The molecule has 106 valence electrons. The van der Waals surface area contributed by atoms with Crippen LogP contribution in [0.2, 0.25) is 0 Å². The Morgan fingerprint density at radius 2 is 1.95 bits per heavy atom. The fourth-order valence-electron chi connectivity index (χ4n) is 2.56. The molecule has 0 atom stereocenters. The fourth-order valence-corrected chi connectivity index (χ4v) is 2.56. The lowest BCUT2D eigenvalue weighted by Crippen LogP contribution is -2.49. The average molecular weight is 272 g/mol. The smallest absolute Gasteiger partial charge is 0.268 e. The van der Waals surface area contributed by atoms with Crippen molar-refractivity contribution in [2.75, 3.05) is 6.54 Å². The third-order valence-corrected chi connectivity index (χ3v) is 3.49. The van der Waals surface area contributed by atoms with Gasteiger partial charge < -0.3 is 0 Å². The van der Waals surface area contributed by atoms with Gasteiger partial charge in [0.15, 0.2) is 0 Å². The van der Waals surface area contributed by atoms with Gasteiger partial charge in [-0.1, -0.05) is 37.3 Å². The first kappa shape index (κ1) is 14.5. The number of carbonyl (C=O) groups excluding carboxylic acids is 2. The molecule has 20 heavy (non-hydrogen) atoms. The Balaban J connectivity index is 2.16. The highest BCUT2D eigenvalue weighted by atomic mass is 16.2. The average Bonchev–Trinajstić information content (AvgIpc) is 2.65. The van der Waals surface area contributed by atoms with Crippen molar-refractivity contribution in [1.82, 2.24) is 10.0 Å². The quantitative estimate of drug-likeness (QED) is 0.794. The van der Waals surface area contributed by atoms with Gasteiger partial charge in [-0.2, -0.15) is 0 Å². The molecule has 0 saturated carbocycles. The van der Waals surface area contributed by atoms with Gasteiger partial charge in [-0.3, -0.25) is 9.59 Å². The summed E-state index contributed by atoms with van der Waals surface area (Å²) in [4.78, 5) is 24.3. The van der Waals surface area contributed by atoms with Crippen LogP contribution in [-0.2, 0) is 9.59 Å². The highest BCUT2D eigenvalue weighted by molar-refractivity contribution is 6.03. The molecule has 1 aliphatic rings. The standard InChI is InChI=1S/C16H20N2O2/c1-4-17-16(2,3)12-15(20)18(17)14(19)11-10-13-8-6-5-7-9-13/h5-11H,4,12H2,1-3H3/b11-10+. The van der Waals surface area contributed by atoms with Crippen molar-refractivity contribution in [2.24, 2.45) is 0 Å². The van der Waals surface area contributed by atoms with E-state index in [1.54, 1.807) is 6.08 Å². The summed E-state index contributed by atoms with van der Waals surface area (Å²) >= 11 is 0. The zero-order valence-corrected chi connectivity index (χ0v) is 12.2. The van der Waals surface area contributed by atoms with Gasteiger partial charge >= 0.3 is 0 Å². The highest BCUT2D eigenvalue weighted by Crippen LogP contribution is 2.29. The minimum atomic E-state index is -0.303. The number of carbonyl (C=O) groups is 2. The van der Waals surface area contributed by atoms with Crippen molar-refractivity contribution in [3.05, 3.63) is 42.0 Å². The number of hydrazine groups is 1. The van der Waals surface area contributed by atoms with Crippen LogP contribution in [0, 0.1) is 0 Å². The first-order valence-electron chi connectivity index (χ1n) is 6.83. The van der Waals surface area contributed by atoms with Crippen LogP contribution in [0.15, 0.2) is 36.4 Å². The third-order valence-electron chi connectivity index (χ3n) is 3.49. The second-order valence-electron chi connectivity index (χ2n) is 5.49. The SMILES string of the molecule is CCN1N(C(=O)/C=C/c2ccccc2)C(=O)CC1(C)C. The summed E-state index contributed by atoms with van der Waals surface area (Å²) in [5, 5.41) is 3.09. The minimum Gasteiger partial charge on any atom is -0.273 e. The van der Waals surface area contributed by atoms with Crippen LogP contribution in [0.25, 0.3) is 6.08 Å². The van der Waals surface area contributed by atoms with E-state index in [2.05, 4.69) is 0 Å². The van der Waals surface area contributed by atoms with E-state index in [4.69, 9.17) is 0 Å². The van der Waals surface area contributed by atoms with Crippen LogP contribution in [0.4, 0.5) is 0 Å². The molecule has 0 spiro atoms. The molecule has 4 heteroatoms. The molecular weight excluding hydrogens is 252 g/mol. The Hall–Kier alpha value is -1.94. The zero-order valence-electron chi connectivity index (χ0n) is 12.2. The van der Waals surface area contributed by atoms with E-state index in [0.29, 0.717) is 13.0 Å². The van der Waals surface area contributed by atoms with Gasteiger partial charge in [0, 0.05) is 24.6 Å². The van der Waals surface area contributed by atoms with Crippen LogP contribution in [0.5, 0.6) is 0 Å². The number of benzene rings is 1. The van der Waals surface area contributed by atoms with Gasteiger partial charge in [0.05, 0.1) is 0 Å². The summed E-state index contributed by atoms with van der Waals surface area (Å²) in [5.41, 5.74) is 0.636. The van der Waals surface area contributed by atoms with E-state index < -0.39 is 0 Å². The molecule has 0 N–H and O–H groups in total. The van der Waals surface area contributed by atoms with Gasteiger partial charge in [-0.05, 0) is 25.5 Å². The van der Waals surface area contributed by atoms with Crippen LogP contribution < -0.4 is 0 Å². The molecule has 1 aromatic rings. The maximum absolute atomic E-state index is 12.3. The Bertz CT molecular complexity index is 535. The van der Waals surface area contributed by atoms with Crippen molar-refractivity contribution in [3.63, 3.8) is 0 Å². The maximum Gasteiger partial charge on any atom is 0.268 e. The summed E-state index contributed by atoms with van der Waals surface area (Å²) in [5.74, 6) is -0.425. The topological polar surface area (TPSA) is 40.6 Å². The molecule has 1 fully saturated rings. The van der Waals surface area contributed by atoms with Gasteiger partial charge in [-0.25, -0.2) is 10.0 Å². The number of rotatable bonds is 3. The van der Waals surface area contributed by atoms with E-state index in [1.165, 1.54) is 11.1 Å². The predicted molar refractivity (Wildman–Crippen MR) is 78.4 cm³/mol. The summed E-state index contributed by atoms with van der Waals surface area (Å²) < 4.78 is 0. The molecule has 4 nitrogen and oxygen atoms in total. The van der Waals surface area contributed by atoms with Crippen molar-refractivity contribution in [2.45, 2.75) is 32.7 Å². The van der Waals surface area contributed by atoms with Gasteiger partial charge in [0.2, 0.25) is 5.91 Å². The molecule has 2 rings (SSSR count). The molecule has 1 heterocycles. The summed E-state index contributed by atoms with van der Waals surface area (Å²) in [7, 11) is 0. The molecule has 0 aliphatic carbocycles. The second-order valence-corrected chi connectivity index (χ2v) is 5.49. The minimum absolute atomic E-state index is 0.139. The lowest BCUT2D eigenvalue weighted by Gasteiger charge is -2.33. The van der Waals surface area contributed by atoms with Gasteiger partial charge in [-0.15, -0.1) is 0 Å². The Morgan fingerprint density at radius 1 is 1.30 bits per heavy atom. The second kappa shape index (κ2) is 5.59. The molecule has 0 bridgehead atoms. The number of imide groups is 1. The van der Waals surface area contributed by atoms with E-state index in [-0.39, 0.29) is 17.4 Å². The van der Waals surface area contributed by atoms with E-state index in [9.17, 15) is 9.59 Å². The number of hydrogen-bond donors (Lipinski definition) is 0. The summed E-state index contributed by atoms with van der Waals surface area (Å²) in [6, 6.07) is 9.57. The first-order chi connectivity index (χ1) is 9.45. The van der Waals surface area contributed by atoms with Crippen molar-refractivity contribution in [3.8, 4) is 0 Å². The molecule has 0 aromatic heterocycles. The first-order valence-corrected chi connectivity index (χ1v) is 6.83. The van der Waals surface area contributed by atoms with Crippen LogP contribution in [-0.4, -0.2) is 33.9 Å². The fraction of sp³-hybridized carbons (Fsp3) is 0.375. The lowest BCUT2D eigenvalue weighted by molar-refractivity contribution is -0.155. The summed E-state index contributed by atoms with van der Waals surface area (Å²) in [6.45, 7) is 6.52. The third kappa shape index (κ3) is 2.80. The van der Waals surface area contributed by atoms with Gasteiger partial charge in [0.1, 0.15) is 0 Å². The van der Waals surface area contributed by atoms with Crippen LogP contribution in [0.1, 0.15) is 32.8 Å². The Morgan fingerprint density at radius 3 is 2.55 bits per heavy atom. The maximum atomic E-state index is 12.3. The number of amides is 2. The normalized spacial score (nSPS) is 18.9. The summed E-state index contributed by atoms with van der Waals surface area (Å²) in [6.07, 6.45) is 3.55. The van der Waals surface area contributed by atoms with Crippen molar-refractivity contribution in [1.29, 1.82) is 0 Å². The molecule has 1 aliphatic heterocycles. The van der Waals surface area contributed by atoms with E-state index >= 15 is 0 Å². The monoisotopic (exact) mass is 272 g/mol. The molecule has 1 saturated heterocycles. The predicted octanol–water partition coefficient (Wildman–Crippen LogP) is 2.47. The van der Waals surface area contributed by atoms with E-state index in [1.807, 2.05) is 56.1 Å². The van der Waals surface area contributed by atoms with E-state index in [0.717, 1.165) is 5.56 Å². The Labute approximate surface area is 119 Å². The highest BCUT2D eigenvalue weighted by Gasteiger charge is 2.45. The lowest BCUT2D eigenvalue weighted by atomic mass is 10.0. The zero-order chi connectivity index (χ0) is 14.8.